The van der Waals surface area contributed by atoms with Gasteiger partial charge in [0.15, 0.2) is 0 Å². The summed E-state index contributed by atoms with van der Waals surface area (Å²) in [6, 6.07) is 0. The molecule has 0 spiro atoms. The maximum atomic E-state index is 5.72. The van der Waals surface area contributed by atoms with Gasteiger partial charge >= 0.3 is 0 Å². The Balaban J connectivity index is 2.04. The van der Waals surface area contributed by atoms with Crippen LogP contribution < -0.4 is 5.32 Å². The van der Waals surface area contributed by atoms with Gasteiger partial charge in [-0.05, 0) is 72.8 Å². The van der Waals surface area contributed by atoms with E-state index in [2.05, 4.69) is 38.2 Å². The first-order chi connectivity index (χ1) is 7.49. The van der Waals surface area contributed by atoms with Gasteiger partial charge in [-0.1, -0.05) is 0 Å². The lowest BCUT2D eigenvalue weighted by Crippen LogP contribution is -2.38. The zero-order valence-electron chi connectivity index (χ0n) is 11.4. The second kappa shape index (κ2) is 6.58. The number of nitrogens with zero attached hydrogens (tertiary/aromatic N) is 1. The van der Waals surface area contributed by atoms with Gasteiger partial charge < -0.3 is 15.0 Å². The first kappa shape index (κ1) is 13.9. The topological polar surface area (TPSA) is 24.5 Å². The predicted molar refractivity (Wildman–Crippen MR) is 68.8 cm³/mol. The molecular weight excluding hydrogens is 200 g/mol. The molecule has 96 valence electrons. The van der Waals surface area contributed by atoms with Crippen molar-refractivity contribution in [3.63, 3.8) is 0 Å². The first-order valence-corrected chi connectivity index (χ1v) is 6.49. The van der Waals surface area contributed by atoms with Gasteiger partial charge in [0.25, 0.3) is 0 Å². The van der Waals surface area contributed by atoms with Crippen LogP contribution in [0.5, 0.6) is 0 Å². The van der Waals surface area contributed by atoms with Crippen molar-refractivity contribution in [2.45, 2.75) is 38.7 Å². The Labute approximate surface area is 101 Å². The van der Waals surface area contributed by atoms with Crippen LogP contribution in [0.1, 0.15) is 33.1 Å². The molecule has 0 unspecified atom stereocenters. The minimum atomic E-state index is 0.0915. The fraction of sp³-hybridized carbons (Fsp3) is 1.00. The van der Waals surface area contributed by atoms with E-state index in [4.69, 9.17) is 4.74 Å². The van der Waals surface area contributed by atoms with Crippen LogP contribution in [0.25, 0.3) is 0 Å². The van der Waals surface area contributed by atoms with E-state index < -0.39 is 0 Å². The zero-order chi connectivity index (χ0) is 12.0. The SMILES string of the molecule is CN(C)CCCNC[C@H]1CCOC(C)(C)C1. The molecule has 3 heteroatoms. The highest BCUT2D eigenvalue weighted by atomic mass is 16.5. The third kappa shape index (κ3) is 5.83. The lowest BCUT2D eigenvalue weighted by atomic mass is 9.88. The number of hydrogen-bond donors (Lipinski definition) is 1. The van der Waals surface area contributed by atoms with Crippen LogP contribution in [0.15, 0.2) is 0 Å². The molecule has 0 aromatic carbocycles. The third-order valence-corrected chi connectivity index (χ3v) is 3.19. The molecule has 0 aromatic rings. The molecule has 0 aliphatic carbocycles. The Morgan fingerprint density at radius 3 is 2.75 bits per heavy atom. The van der Waals surface area contributed by atoms with Crippen LogP contribution in [0.3, 0.4) is 0 Å². The fourth-order valence-electron chi connectivity index (χ4n) is 2.36. The van der Waals surface area contributed by atoms with E-state index in [0.717, 1.165) is 25.6 Å². The second-order valence-electron chi connectivity index (χ2n) is 5.83. The van der Waals surface area contributed by atoms with Crippen LogP contribution in [0, 0.1) is 5.92 Å². The Kier molecular flexibility index (Phi) is 5.73. The molecule has 0 amide bonds. The monoisotopic (exact) mass is 228 g/mol. The number of nitrogens with one attached hydrogen (secondary N) is 1. The normalized spacial score (nSPS) is 24.9. The van der Waals surface area contributed by atoms with Crippen molar-refractivity contribution in [3.8, 4) is 0 Å². The van der Waals surface area contributed by atoms with E-state index >= 15 is 0 Å². The zero-order valence-corrected chi connectivity index (χ0v) is 11.4. The average molecular weight is 228 g/mol. The van der Waals surface area contributed by atoms with Gasteiger partial charge in [0, 0.05) is 6.61 Å². The number of rotatable bonds is 6. The maximum Gasteiger partial charge on any atom is 0.0629 e. The highest BCUT2D eigenvalue weighted by Crippen LogP contribution is 2.27. The highest BCUT2D eigenvalue weighted by Gasteiger charge is 2.28. The van der Waals surface area contributed by atoms with Gasteiger partial charge in [-0.2, -0.15) is 0 Å². The summed E-state index contributed by atoms with van der Waals surface area (Å²) in [5, 5.41) is 3.57. The first-order valence-electron chi connectivity index (χ1n) is 6.49. The molecule has 0 radical (unpaired) electrons. The fourth-order valence-corrected chi connectivity index (χ4v) is 2.36. The van der Waals surface area contributed by atoms with Crippen molar-refractivity contribution >= 4 is 0 Å². The minimum absolute atomic E-state index is 0.0915. The Morgan fingerprint density at radius 2 is 2.12 bits per heavy atom. The Morgan fingerprint density at radius 1 is 1.38 bits per heavy atom. The molecule has 1 aliphatic rings. The quantitative estimate of drug-likeness (QED) is 0.701. The summed E-state index contributed by atoms with van der Waals surface area (Å²) >= 11 is 0. The van der Waals surface area contributed by atoms with Gasteiger partial charge in [0.05, 0.1) is 5.60 Å². The lowest BCUT2D eigenvalue weighted by molar-refractivity contribution is -0.0717. The molecule has 0 aromatic heterocycles. The molecule has 1 N–H and O–H groups in total. The van der Waals surface area contributed by atoms with E-state index in [1.54, 1.807) is 0 Å². The van der Waals surface area contributed by atoms with E-state index in [1.807, 2.05) is 0 Å². The number of ether oxygens (including phenoxy) is 1. The Hall–Kier alpha value is -0.120. The molecule has 0 saturated carbocycles. The van der Waals surface area contributed by atoms with Crippen LogP contribution in [0.2, 0.25) is 0 Å². The minimum Gasteiger partial charge on any atom is -0.376 e. The van der Waals surface area contributed by atoms with Crippen LogP contribution in [0.4, 0.5) is 0 Å². The van der Waals surface area contributed by atoms with Crippen molar-refractivity contribution in [1.29, 1.82) is 0 Å². The molecule has 1 fully saturated rings. The van der Waals surface area contributed by atoms with Crippen LogP contribution in [-0.4, -0.2) is 50.8 Å². The van der Waals surface area contributed by atoms with Crippen LogP contribution >= 0.6 is 0 Å². The maximum absolute atomic E-state index is 5.72. The molecule has 0 bridgehead atoms. The Bertz CT molecular complexity index is 192. The van der Waals surface area contributed by atoms with E-state index in [1.165, 1.54) is 25.8 Å². The van der Waals surface area contributed by atoms with Gasteiger partial charge in [-0.25, -0.2) is 0 Å². The summed E-state index contributed by atoms with van der Waals surface area (Å²) < 4.78 is 5.72. The van der Waals surface area contributed by atoms with E-state index in [9.17, 15) is 0 Å². The highest BCUT2D eigenvalue weighted by molar-refractivity contribution is 4.79. The molecule has 1 saturated heterocycles. The molecule has 1 rings (SSSR count). The van der Waals surface area contributed by atoms with Crippen molar-refractivity contribution in [2.24, 2.45) is 5.92 Å². The van der Waals surface area contributed by atoms with Crippen molar-refractivity contribution in [1.82, 2.24) is 10.2 Å². The lowest BCUT2D eigenvalue weighted by Gasteiger charge is -2.35. The van der Waals surface area contributed by atoms with Gasteiger partial charge in [0.1, 0.15) is 0 Å². The number of hydrogen-bond acceptors (Lipinski definition) is 3. The summed E-state index contributed by atoms with van der Waals surface area (Å²) in [6.45, 7) is 8.79. The molecule has 1 heterocycles. The molecule has 1 atom stereocenters. The summed E-state index contributed by atoms with van der Waals surface area (Å²) in [6.07, 6.45) is 3.64. The summed E-state index contributed by atoms with van der Waals surface area (Å²) in [4.78, 5) is 2.24. The van der Waals surface area contributed by atoms with Crippen LogP contribution in [-0.2, 0) is 4.74 Å². The van der Waals surface area contributed by atoms with Gasteiger partial charge in [0.2, 0.25) is 0 Å². The predicted octanol–water partition coefficient (Wildman–Crippen LogP) is 1.73. The summed E-state index contributed by atoms with van der Waals surface area (Å²) in [5.41, 5.74) is 0.0915. The van der Waals surface area contributed by atoms with E-state index in [0.29, 0.717) is 0 Å². The van der Waals surface area contributed by atoms with Crippen molar-refractivity contribution in [3.05, 3.63) is 0 Å². The average Bonchev–Trinajstić information content (AvgIpc) is 2.15. The van der Waals surface area contributed by atoms with Gasteiger partial charge in [-0.3, -0.25) is 0 Å². The molecule has 1 aliphatic heterocycles. The standard InChI is InChI=1S/C13H28N2O/c1-13(2)10-12(6-9-16-13)11-14-7-5-8-15(3)4/h12,14H,5-11H2,1-4H3/t12-/m0/s1. The summed E-state index contributed by atoms with van der Waals surface area (Å²) in [7, 11) is 4.25. The smallest absolute Gasteiger partial charge is 0.0629 e. The largest absolute Gasteiger partial charge is 0.376 e. The second-order valence-corrected chi connectivity index (χ2v) is 5.83. The van der Waals surface area contributed by atoms with Crippen molar-refractivity contribution in [2.75, 3.05) is 40.3 Å². The molecular formula is C13H28N2O. The molecule has 3 nitrogen and oxygen atoms in total. The van der Waals surface area contributed by atoms with Gasteiger partial charge in [-0.15, -0.1) is 0 Å². The van der Waals surface area contributed by atoms with E-state index in [-0.39, 0.29) is 5.60 Å². The summed E-state index contributed by atoms with van der Waals surface area (Å²) in [5.74, 6) is 0.795. The molecule has 16 heavy (non-hydrogen) atoms. The third-order valence-electron chi connectivity index (χ3n) is 3.19. The van der Waals surface area contributed by atoms with Crippen molar-refractivity contribution < 1.29 is 4.74 Å².